The van der Waals surface area contributed by atoms with Crippen LogP contribution in [0.15, 0.2) is 0 Å². The molecular formula is C19H30O8. The van der Waals surface area contributed by atoms with Crippen LogP contribution in [0.2, 0.25) is 0 Å². The molecule has 1 fully saturated rings. The van der Waals surface area contributed by atoms with Gasteiger partial charge >= 0.3 is 23.9 Å². The van der Waals surface area contributed by atoms with Crippen LogP contribution in [-0.2, 0) is 19.2 Å². The van der Waals surface area contributed by atoms with Gasteiger partial charge in [-0.05, 0) is 41.9 Å². The normalized spacial score (nSPS) is 26.4. The van der Waals surface area contributed by atoms with Gasteiger partial charge in [0.25, 0.3) is 0 Å². The van der Waals surface area contributed by atoms with Gasteiger partial charge in [-0.15, -0.1) is 0 Å². The van der Waals surface area contributed by atoms with Crippen LogP contribution in [0.5, 0.6) is 0 Å². The quantitative estimate of drug-likeness (QED) is 0.465. The highest BCUT2D eigenvalue weighted by atomic mass is 16.4. The molecule has 1 aliphatic carbocycles. The number of carbonyl (C=O) groups is 4. The molecule has 0 radical (unpaired) electrons. The lowest BCUT2D eigenvalue weighted by Gasteiger charge is -2.45. The summed E-state index contributed by atoms with van der Waals surface area (Å²) in [6.07, 6.45) is 0.137. The summed E-state index contributed by atoms with van der Waals surface area (Å²) in [6.45, 7) is 9.33. The Morgan fingerprint density at radius 1 is 0.741 bits per heavy atom. The average Bonchev–Trinajstić information content (AvgIpc) is 2.75. The van der Waals surface area contributed by atoms with E-state index in [0.717, 1.165) is 0 Å². The zero-order valence-electron chi connectivity index (χ0n) is 16.6. The van der Waals surface area contributed by atoms with Crippen molar-refractivity contribution in [2.24, 2.45) is 46.3 Å². The van der Waals surface area contributed by atoms with Crippen molar-refractivity contribution in [2.45, 2.75) is 48.0 Å². The smallest absolute Gasteiger partial charge is 0.321 e. The molecule has 0 saturated heterocycles. The number of aliphatic carboxylic acids is 4. The van der Waals surface area contributed by atoms with Crippen LogP contribution >= 0.6 is 0 Å². The Balaban J connectivity index is 3.91. The molecule has 0 spiro atoms. The fourth-order valence-electron chi connectivity index (χ4n) is 5.27. The summed E-state index contributed by atoms with van der Waals surface area (Å²) in [5, 5.41) is 39.7. The Morgan fingerprint density at radius 2 is 1.07 bits per heavy atom. The highest BCUT2D eigenvalue weighted by Crippen LogP contribution is 2.60. The van der Waals surface area contributed by atoms with Crippen molar-refractivity contribution in [3.05, 3.63) is 0 Å². The molecule has 0 bridgehead atoms. The first kappa shape index (κ1) is 22.9. The van der Waals surface area contributed by atoms with Crippen LogP contribution in [0.4, 0.5) is 0 Å². The van der Waals surface area contributed by atoms with Gasteiger partial charge in [0.1, 0.15) is 0 Å². The van der Waals surface area contributed by atoms with Crippen molar-refractivity contribution in [2.75, 3.05) is 0 Å². The molecular weight excluding hydrogens is 356 g/mol. The molecule has 0 heterocycles. The van der Waals surface area contributed by atoms with E-state index in [1.807, 2.05) is 0 Å². The molecule has 1 saturated carbocycles. The van der Waals surface area contributed by atoms with Gasteiger partial charge in [-0.25, -0.2) is 0 Å². The lowest BCUT2D eigenvalue weighted by Crippen LogP contribution is -2.59. The number of rotatable bonds is 8. The summed E-state index contributed by atoms with van der Waals surface area (Å²) >= 11 is 0. The zero-order valence-corrected chi connectivity index (χ0v) is 16.6. The maximum absolute atomic E-state index is 12.3. The molecule has 0 aromatic carbocycles. The van der Waals surface area contributed by atoms with Gasteiger partial charge in [0.2, 0.25) is 0 Å². The van der Waals surface area contributed by atoms with Crippen molar-refractivity contribution in [1.29, 1.82) is 0 Å². The SMILES string of the molecule is CC1CC(C(C(=O)O)(C(=O)O)C(C)C)C(C(C(=O)O)(C(=O)O)C(C)C)C1C. The largest absolute Gasteiger partial charge is 0.480 e. The Kier molecular flexibility index (Phi) is 6.35. The van der Waals surface area contributed by atoms with Crippen molar-refractivity contribution >= 4 is 23.9 Å². The van der Waals surface area contributed by atoms with Gasteiger partial charge in [0, 0.05) is 0 Å². The molecule has 0 aromatic heterocycles. The Labute approximate surface area is 158 Å². The molecule has 8 heteroatoms. The molecule has 154 valence electrons. The highest BCUT2D eigenvalue weighted by molar-refractivity contribution is 6.01. The first-order chi connectivity index (χ1) is 12.2. The second-order valence-electron chi connectivity index (χ2n) is 8.47. The first-order valence-electron chi connectivity index (χ1n) is 9.15. The minimum Gasteiger partial charge on any atom is -0.480 e. The predicted octanol–water partition coefficient (Wildman–Crippen LogP) is 2.52. The zero-order chi connectivity index (χ0) is 21.5. The molecule has 0 aliphatic heterocycles. The molecule has 27 heavy (non-hydrogen) atoms. The van der Waals surface area contributed by atoms with Crippen LogP contribution in [0, 0.1) is 46.3 Å². The lowest BCUT2D eigenvalue weighted by molar-refractivity contribution is -0.190. The van der Waals surface area contributed by atoms with Gasteiger partial charge in [-0.3, -0.25) is 19.2 Å². The van der Waals surface area contributed by atoms with Crippen LogP contribution in [0.25, 0.3) is 0 Å². The number of carboxylic acid groups (broad SMARTS) is 4. The van der Waals surface area contributed by atoms with E-state index in [1.54, 1.807) is 13.8 Å². The van der Waals surface area contributed by atoms with E-state index in [0.29, 0.717) is 0 Å². The molecule has 4 atom stereocenters. The van der Waals surface area contributed by atoms with Crippen LogP contribution in [0.3, 0.4) is 0 Å². The van der Waals surface area contributed by atoms with Gasteiger partial charge < -0.3 is 20.4 Å². The van der Waals surface area contributed by atoms with E-state index in [9.17, 15) is 39.6 Å². The van der Waals surface area contributed by atoms with E-state index in [2.05, 4.69) is 0 Å². The maximum Gasteiger partial charge on any atom is 0.321 e. The Bertz CT molecular complexity index is 608. The third kappa shape index (κ3) is 2.99. The number of hydrogen-bond donors (Lipinski definition) is 4. The predicted molar refractivity (Wildman–Crippen MR) is 95.0 cm³/mol. The molecule has 8 nitrogen and oxygen atoms in total. The Morgan fingerprint density at radius 3 is 1.33 bits per heavy atom. The third-order valence-corrected chi connectivity index (χ3v) is 6.87. The van der Waals surface area contributed by atoms with Crippen molar-refractivity contribution < 1.29 is 39.6 Å². The summed E-state index contributed by atoms with van der Waals surface area (Å²) in [5.41, 5.74) is -4.55. The standard InChI is InChI=1S/C19H30O8/c1-8(2)18(14(20)21,15(22)23)12-7-10(5)11(6)13(12)19(9(3)4,16(24)25)17(26)27/h8-13H,7H2,1-6H3,(H,20,21)(H,22,23)(H,24,25)(H,26,27). The third-order valence-electron chi connectivity index (χ3n) is 6.87. The second-order valence-corrected chi connectivity index (χ2v) is 8.47. The summed E-state index contributed by atoms with van der Waals surface area (Å²) in [4.78, 5) is 48.9. The topological polar surface area (TPSA) is 149 Å². The van der Waals surface area contributed by atoms with Gasteiger partial charge in [-0.2, -0.15) is 0 Å². The first-order valence-corrected chi connectivity index (χ1v) is 9.15. The second kappa shape index (κ2) is 7.48. The minimum atomic E-state index is -2.28. The minimum absolute atomic E-state index is 0.137. The Hall–Kier alpha value is -2.12. The van der Waals surface area contributed by atoms with Crippen molar-refractivity contribution in [3.8, 4) is 0 Å². The molecule has 0 amide bonds. The summed E-state index contributed by atoms with van der Waals surface area (Å²) in [6, 6.07) is 0. The van der Waals surface area contributed by atoms with Gasteiger partial charge in [0.05, 0.1) is 0 Å². The van der Waals surface area contributed by atoms with Crippen LogP contribution in [-0.4, -0.2) is 44.3 Å². The fourth-order valence-corrected chi connectivity index (χ4v) is 5.27. The monoisotopic (exact) mass is 386 g/mol. The van der Waals surface area contributed by atoms with E-state index < -0.39 is 64.3 Å². The van der Waals surface area contributed by atoms with Gasteiger partial charge in [-0.1, -0.05) is 41.5 Å². The van der Waals surface area contributed by atoms with Crippen LogP contribution < -0.4 is 0 Å². The summed E-state index contributed by atoms with van der Waals surface area (Å²) in [7, 11) is 0. The van der Waals surface area contributed by atoms with Crippen LogP contribution in [0.1, 0.15) is 48.0 Å². The van der Waals surface area contributed by atoms with E-state index in [-0.39, 0.29) is 12.3 Å². The van der Waals surface area contributed by atoms with Gasteiger partial charge in [0.15, 0.2) is 10.8 Å². The number of carboxylic acids is 4. The molecule has 1 aliphatic rings. The number of hydrogen-bond acceptors (Lipinski definition) is 4. The van der Waals surface area contributed by atoms with E-state index in [4.69, 9.17) is 0 Å². The highest BCUT2D eigenvalue weighted by Gasteiger charge is 2.69. The molecule has 1 rings (SSSR count). The summed E-state index contributed by atoms with van der Waals surface area (Å²) in [5.74, 6) is -10.9. The average molecular weight is 386 g/mol. The van der Waals surface area contributed by atoms with Crippen molar-refractivity contribution in [3.63, 3.8) is 0 Å². The molecule has 4 unspecified atom stereocenters. The fraction of sp³-hybridized carbons (Fsp3) is 0.789. The van der Waals surface area contributed by atoms with Crippen molar-refractivity contribution in [1.82, 2.24) is 0 Å². The maximum atomic E-state index is 12.3. The van der Waals surface area contributed by atoms with E-state index in [1.165, 1.54) is 27.7 Å². The van der Waals surface area contributed by atoms with E-state index >= 15 is 0 Å². The lowest BCUT2D eigenvalue weighted by atomic mass is 9.54. The summed E-state index contributed by atoms with van der Waals surface area (Å²) < 4.78 is 0. The molecule has 4 N–H and O–H groups in total. The molecule has 0 aromatic rings.